The van der Waals surface area contributed by atoms with Crippen molar-refractivity contribution in [2.45, 2.75) is 38.3 Å². The third-order valence-corrected chi connectivity index (χ3v) is 4.14. The first kappa shape index (κ1) is 10.5. The molecular formula is C14H18N4. The van der Waals surface area contributed by atoms with Crippen LogP contribution in [0.5, 0.6) is 0 Å². The van der Waals surface area contributed by atoms with Crippen molar-refractivity contribution in [3.8, 4) is 0 Å². The third kappa shape index (κ3) is 1.90. The van der Waals surface area contributed by atoms with Gasteiger partial charge in [0.1, 0.15) is 0 Å². The first-order valence-corrected chi connectivity index (χ1v) is 6.94. The molecule has 0 aromatic carbocycles. The minimum atomic E-state index is 0.723. The Morgan fingerprint density at radius 2 is 1.94 bits per heavy atom. The van der Waals surface area contributed by atoms with Gasteiger partial charge in [0.05, 0.1) is 6.54 Å². The summed E-state index contributed by atoms with van der Waals surface area (Å²) in [7, 11) is 0. The quantitative estimate of drug-likeness (QED) is 0.872. The summed E-state index contributed by atoms with van der Waals surface area (Å²) in [6.45, 7) is 0.836. The SMILES string of the molecule is c1ccn2c(CNC(C3CC3)C3CC3)nnc2c1. The summed E-state index contributed by atoms with van der Waals surface area (Å²) in [6.07, 6.45) is 7.68. The van der Waals surface area contributed by atoms with Crippen LogP contribution in [-0.2, 0) is 6.54 Å². The second-order valence-electron chi connectivity index (χ2n) is 5.63. The van der Waals surface area contributed by atoms with Crippen LogP contribution in [0.1, 0.15) is 31.5 Å². The molecule has 2 aromatic heterocycles. The monoisotopic (exact) mass is 242 g/mol. The molecule has 2 aliphatic rings. The van der Waals surface area contributed by atoms with Crippen LogP contribution in [0.2, 0.25) is 0 Å². The number of aromatic nitrogens is 3. The molecule has 0 radical (unpaired) electrons. The van der Waals surface area contributed by atoms with Crippen molar-refractivity contribution in [2.24, 2.45) is 11.8 Å². The zero-order chi connectivity index (χ0) is 11.9. The molecule has 2 heterocycles. The number of fused-ring (bicyclic) bond motifs is 1. The van der Waals surface area contributed by atoms with Crippen molar-refractivity contribution in [1.29, 1.82) is 0 Å². The van der Waals surface area contributed by atoms with Gasteiger partial charge in [-0.05, 0) is 49.7 Å². The summed E-state index contributed by atoms with van der Waals surface area (Å²) in [6, 6.07) is 6.74. The first-order chi connectivity index (χ1) is 8.92. The van der Waals surface area contributed by atoms with Crippen LogP contribution < -0.4 is 5.32 Å². The molecule has 0 unspecified atom stereocenters. The third-order valence-electron chi connectivity index (χ3n) is 4.14. The molecule has 0 spiro atoms. The van der Waals surface area contributed by atoms with Crippen LogP contribution >= 0.6 is 0 Å². The van der Waals surface area contributed by atoms with Crippen LogP contribution in [0.3, 0.4) is 0 Å². The van der Waals surface area contributed by atoms with E-state index in [1.165, 1.54) is 25.7 Å². The first-order valence-electron chi connectivity index (χ1n) is 6.94. The van der Waals surface area contributed by atoms with Gasteiger partial charge in [-0.3, -0.25) is 4.40 Å². The van der Waals surface area contributed by atoms with E-state index in [1.54, 1.807) is 0 Å². The predicted molar refractivity (Wildman–Crippen MR) is 69.1 cm³/mol. The van der Waals surface area contributed by atoms with Gasteiger partial charge in [0.25, 0.3) is 0 Å². The lowest BCUT2D eigenvalue weighted by Gasteiger charge is -2.16. The fourth-order valence-corrected chi connectivity index (χ4v) is 2.85. The van der Waals surface area contributed by atoms with Gasteiger partial charge in [-0.1, -0.05) is 6.07 Å². The van der Waals surface area contributed by atoms with E-state index < -0.39 is 0 Å². The van der Waals surface area contributed by atoms with E-state index in [4.69, 9.17) is 0 Å². The maximum atomic E-state index is 4.28. The molecule has 0 atom stereocenters. The highest BCUT2D eigenvalue weighted by atomic mass is 15.3. The van der Waals surface area contributed by atoms with Crippen LogP contribution in [0.25, 0.3) is 5.65 Å². The Morgan fingerprint density at radius 1 is 1.17 bits per heavy atom. The highest BCUT2D eigenvalue weighted by molar-refractivity contribution is 5.36. The van der Waals surface area contributed by atoms with E-state index in [0.717, 1.165) is 35.9 Å². The van der Waals surface area contributed by atoms with Gasteiger partial charge in [0, 0.05) is 12.2 Å². The van der Waals surface area contributed by atoms with E-state index in [-0.39, 0.29) is 0 Å². The van der Waals surface area contributed by atoms with Gasteiger partial charge in [-0.25, -0.2) is 0 Å². The molecule has 2 saturated carbocycles. The molecular weight excluding hydrogens is 224 g/mol. The van der Waals surface area contributed by atoms with Crippen molar-refractivity contribution in [1.82, 2.24) is 19.9 Å². The summed E-state index contributed by atoms with van der Waals surface area (Å²) in [5, 5.41) is 12.2. The molecule has 0 aliphatic heterocycles. The van der Waals surface area contributed by atoms with Crippen molar-refractivity contribution in [3.63, 3.8) is 0 Å². The number of rotatable bonds is 5. The molecule has 4 rings (SSSR count). The Balaban J connectivity index is 1.50. The minimum absolute atomic E-state index is 0.723. The molecule has 0 amide bonds. The summed E-state index contributed by atoms with van der Waals surface area (Å²) in [5.74, 6) is 2.88. The van der Waals surface area contributed by atoms with Gasteiger partial charge in [-0.2, -0.15) is 0 Å². The smallest absolute Gasteiger partial charge is 0.160 e. The van der Waals surface area contributed by atoms with Crippen molar-refractivity contribution < 1.29 is 0 Å². The second kappa shape index (κ2) is 4.05. The van der Waals surface area contributed by atoms with E-state index in [1.807, 2.05) is 24.4 Å². The Morgan fingerprint density at radius 3 is 2.67 bits per heavy atom. The molecule has 18 heavy (non-hydrogen) atoms. The number of nitrogens with zero attached hydrogens (tertiary/aromatic N) is 3. The summed E-state index contributed by atoms with van der Waals surface area (Å²) >= 11 is 0. The molecule has 4 heteroatoms. The topological polar surface area (TPSA) is 42.2 Å². The zero-order valence-electron chi connectivity index (χ0n) is 10.4. The minimum Gasteiger partial charge on any atom is -0.306 e. The second-order valence-corrected chi connectivity index (χ2v) is 5.63. The molecule has 1 N–H and O–H groups in total. The lowest BCUT2D eigenvalue weighted by atomic mass is 10.1. The lowest BCUT2D eigenvalue weighted by Crippen LogP contribution is -2.33. The van der Waals surface area contributed by atoms with E-state index in [2.05, 4.69) is 19.9 Å². The van der Waals surface area contributed by atoms with Crippen LogP contribution in [0, 0.1) is 11.8 Å². The highest BCUT2D eigenvalue weighted by Crippen LogP contribution is 2.44. The maximum absolute atomic E-state index is 4.28. The Bertz CT molecular complexity index is 542. The lowest BCUT2D eigenvalue weighted by molar-refractivity contribution is 0.410. The molecule has 2 fully saturated rings. The summed E-state index contributed by atoms with van der Waals surface area (Å²) in [5.41, 5.74) is 0.934. The highest BCUT2D eigenvalue weighted by Gasteiger charge is 2.41. The maximum Gasteiger partial charge on any atom is 0.160 e. The zero-order valence-corrected chi connectivity index (χ0v) is 10.4. The Labute approximate surface area is 106 Å². The molecule has 4 nitrogen and oxygen atoms in total. The van der Waals surface area contributed by atoms with Crippen molar-refractivity contribution >= 4 is 5.65 Å². The average molecular weight is 242 g/mol. The fourth-order valence-electron chi connectivity index (χ4n) is 2.85. The largest absolute Gasteiger partial charge is 0.306 e. The number of nitrogens with one attached hydrogen (secondary N) is 1. The Kier molecular flexibility index (Phi) is 2.36. The fraction of sp³-hybridized carbons (Fsp3) is 0.571. The number of hydrogen-bond acceptors (Lipinski definition) is 3. The van der Waals surface area contributed by atoms with Gasteiger partial charge in [-0.15, -0.1) is 10.2 Å². The van der Waals surface area contributed by atoms with Crippen molar-refractivity contribution in [3.05, 3.63) is 30.2 Å². The molecule has 0 saturated heterocycles. The number of hydrogen-bond donors (Lipinski definition) is 1. The standard InChI is InChI=1S/C14H18N4/c1-2-8-18-12(3-1)16-17-13(18)9-15-14(10-4-5-10)11-6-7-11/h1-3,8,10-11,14-15H,4-7,9H2. The summed E-state index contributed by atoms with van der Waals surface area (Å²) in [4.78, 5) is 0. The van der Waals surface area contributed by atoms with Gasteiger partial charge in [0.2, 0.25) is 0 Å². The molecule has 94 valence electrons. The van der Waals surface area contributed by atoms with E-state index in [9.17, 15) is 0 Å². The van der Waals surface area contributed by atoms with Crippen LogP contribution in [0.15, 0.2) is 24.4 Å². The number of pyridine rings is 1. The van der Waals surface area contributed by atoms with Crippen molar-refractivity contribution in [2.75, 3.05) is 0 Å². The van der Waals surface area contributed by atoms with Crippen LogP contribution in [0.4, 0.5) is 0 Å². The van der Waals surface area contributed by atoms with Gasteiger partial charge < -0.3 is 5.32 Å². The molecule has 2 aliphatic carbocycles. The van der Waals surface area contributed by atoms with E-state index in [0.29, 0.717) is 0 Å². The normalized spacial score (nSPS) is 19.8. The molecule has 2 aromatic rings. The molecule has 0 bridgehead atoms. The van der Waals surface area contributed by atoms with E-state index >= 15 is 0 Å². The average Bonchev–Trinajstić information content (AvgIpc) is 3.29. The predicted octanol–water partition coefficient (Wildman–Crippen LogP) is 2.01. The Hall–Kier alpha value is -1.42. The van der Waals surface area contributed by atoms with Crippen LogP contribution in [-0.4, -0.2) is 20.6 Å². The van der Waals surface area contributed by atoms with Gasteiger partial charge >= 0.3 is 0 Å². The summed E-state index contributed by atoms with van der Waals surface area (Å²) < 4.78 is 2.07. The van der Waals surface area contributed by atoms with Gasteiger partial charge in [0.15, 0.2) is 11.5 Å².